The van der Waals surface area contributed by atoms with E-state index < -0.39 is 17.5 Å². The molecule has 1 aromatic carbocycles. The Balaban J connectivity index is 0.00000162. The SMILES string of the molecule is CC1(Cc2ccc(C(F)(F)F)cc2)NCCO1.Cl. The predicted molar refractivity (Wildman–Crippen MR) is 64.8 cm³/mol. The lowest BCUT2D eigenvalue weighted by Crippen LogP contribution is -2.39. The zero-order valence-electron chi connectivity index (χ0n) is 9.88. The number of nitrogens with one attached hydrogen (secondary N) is 1. The molecule has 1 heterocycles. The van der Waals surface area contributed by atoms with Gasteiger partial charge in [-0.05, 0) is 24.6 Å². The van der Waals surface area contributed by atoms with Gasteiger partial charge in [0.2, 0.25) is 0 Å². The molecule has 0 spiro atoms. The van der Waals surface area contributed by atoms with Gasteiger partial charge < -0.3 is 4.74 Å². The van der Waals surface area contributed by atoms with Crippen LogP contribution in [-0.4, -0.2) is 18.9 Å². The van der Waals surface area contributed by atoms with E-state index >= 15 is 0 Å². The van der Waals surface area contributed by atoms with Crippen molar-refractivity contribution in [3.8, 4) is 0 Å². The summed E-state index contributed by atoms with van der Waals surface area (Å²) in [5, 5.41) is 3.18. The molecule has 1 atom stereocenters. The Kier molecular flexibility index (Phi) is 4.64. The Morgan fingerprint density at radius 1 is 1.28 bits per heavy atom. The van der Waals surface area contributed by atoms with E-state index in [-0.39, 0.29) is 12.4 Å². The van der Waals surface area contributed by atoms with Gasteiger partial charge in [0.15, 0.2) is 0 Å². The molecule has 18 heavy (non-hydrogen) atoms. The molecule has 1 N–H and O–H groups in total. The molecule has 2 rings (SSSR count). The maximum atomic E-state index is 12.4. The first-order chi connectivity index (χ1) is 7.89. The molecular weight excluding hydrogens is 267 g/mol. The standard InChI is InChI=1S/C12H14F3NO.ClH/c1-11(16-6-7-17-11)8-9-2-4-10(5-3-9)12(13,14)15;/h2-5,16H,6-8H2,1H3;1H. The Labute approximate surface area is 110 Å². The largest absolute Gasteiger partial charge is 0.416 e. The zero-order valence-corrected chi connectivity index (χ0v) is 10.7. The highest BCUT2D eigenvalue weighted by molar-refractivity contribution is 5.85. The minimum atomic E-state index is -4.27. The van der Waals surface area contributed by atoms with Crippen LogP contribution in [0.5, 0.6) is 0 Å². The van der Waals surface area contributed by atoms with E-state index in [9.17, 15) is 13.2 Å². The summed E-state index contributed by atoms with van der Waals surface area (Å²) in [6, 6.07) is 5.20. The topological polar surface area (TPSA) is 21.3 Å². The molecule has 0 bridgehead atoms. The number of rotatable bonds is 2. The van der Waals surface area contributed by atoms with Gasteiger partial charge in [0.25, 0.3) is 0 Å². The minimum absolute atomic E-state index is 0. The molecule has 0 aliphatic carbocycles. The van der Waals surface area contributed by atoms with E-state index in [2.05, 4.69) is 5.32 Å². The van der Waals surface area contributed by atoms with Crippen LogP contribution >= 0.6 is 12.4 Å². The van der Waals surface area contributed by atoms with Crippen molar-refractivity contribution in [1.29, 1.82) is 0 Å². The quantitative estimate of drug-likeness (QED) is 0.900. The summed E-state index contributed by atoms with van der Waals surface area (Å²) in [7, 11) is 0. The van der Waals surface area contributed by atoms with E-state index in [0.29, 0.717) is 13.0 Å². The number of hydrogen-bond acceptors (Lipinski definition) is 2. The molecule has 2 nitrogen and oxygen atoms in total. The molecule has 0 amide bonds. The lowest BCUT2D eigenvalue weighted by molar-refractivity contribution is -0.137. The van der Waals surface area contributed by atoms with E-state index in [1.807, 2.05) is 6.92 Å². The first-order valence-corrected chi connectivity index (χ1v) is 5.44. The average molecular weight is 282 g/mol. The minimum Gasteiger partial charge on any atom is -0.359 e. The molecular formula is C12H15ClF3NO. The number of alkyl halides is 3. The van der Waals surface area contributed by atoms with Gasteiger partial charge in [-0.1, -0.05) is 12.1 Å². The van der Waals surface area contributed by atoms with Gasteiger partial charge in [-0.3, -0.25) is 5.32 Å². The monoisotopic (exact) mass is 281 g/mol. The van der Waals surface area contributed by atoms with E-state index in [0.717, 1.165) is 24.2 Å². The van der Waals surface area contributed by atoms with Gasteiger partial charge in [-0.25, -0.2) is 0 Å². The van der Waals surface area contributed by atoms with Crippen LogP contribution in [0.3, 0.4) is 0 Å². The highest BCUT2D eigenvalue weighted by Gasteiger charge is 2.31. The van der Waals surface area contributed by atoms with Gasteiger partial charge in [0.05, 0.1) is 12.2 Å². The number of halogens is 4. The highest BCUT2D eigenvalue weighted by Crippen LogP contribution is 2.29. The Hall–Kier alpha value is -0.780. The zero-order chi connectivity index (χ0) is 12.5. The van der Waals surface area contributed by atoms with Gasteiger partial charge in [-0.2, -0.15) is 13.2 Å². The van der Waals surface area contributed by atoms with Gasteiger partial charge in [0, 0.05) is 13.0 Å². The second-order valence-electron chi connectivity index (χ2n) is 4.38. The van der Waals surface area contributed by atoms with Crippen molar-refractivity contribution in [2.75, 3.05) is 13.2 Å². The van der Waals surface area contributed by atoms with Crippen molar-refractivity contribution in [3.05, 3.63) is 35.4 Å². The van der Waals surface area contributed by atoms with E-state index in [4.69, 9.17) is 4.74 Å². The summed E-state index contributed by atoms with van der Waals surface area (Å²) in [5.41, 5.74) is -0.249. The van der Waals surface area contributed by atoms with Crippen molar-refractivity contribution in [1.82, 2.24) is 5.32 Å². The summed E-state index contributed by atoms with van der Waals surface area (Å²) in [6.45, 7) is 3.31. The molecule has 1 unspecified atom stereocenters. The van der Waals surface area contributed by atoms with E-state index in [1.54, 1.807) is 0 Å². The van der Waals surface area contributed by atoms with E-state index in [1.165, 1.54) is 12.1 Å². The molecule has 1 fully saturated rings. The number of ether oxygens (including phenoxy) is 1. The van der Waals surface area contributed by atoms with Gasteiger partial charge >= 0.3 is 6.18 Å². The number of benzene rings is 1. The molecule has 1 aliphatic heterocycles. The van der Waals surface area contributed by atoms with Crippen molar-refractivity contribution >= 4 is 12.4 Å². The fourth-order valence-electron chi connectivity index (χ4n) is 1.96. The smallest absolute Gasteiger partial charge is 0.359 e. The summed E-state index contributed by atoms with van der Waals surface area (Å²) in [6.07, 6.45) is -3.71. The molecule has 0 saturated carbocycles. The molecule has 1 aliphatic rings. The van der Waals surface area contributed by atoms with Crippen LogP contribution in [0.25, 0.3) is 0 Å². The van der Waals surface area contributed by atoms with Gasteiger partial charge in [-0.15, -0.1) is 12.4 Å². The normalized spacial score (nSPS) is 23.8. The number of hydrogen-bond donors (Lipinski definition) is 1. The molecule has 1 aromatic rings. The van der Waals surface area contributed by atoms with Crippen LogP contribution in [0.1, 0.15) is 18.1 Å². The fraction of sp³-hybridized carbons (Fsp3) is 0.500. The Morgan fingerprint density at radius 3 is 2.33 bits per heavy atom. The van der Waals surface area contributed by atoms with Crippen LogP contribution in [-0.2, 0) is 17.3 Å². The third-order valence-corrected chi connectivity index (χ3v) is 2.84. The van der Waals surface area contributed by atoms with Crippen molar-refractivity contribution in [2.24, 2.45) is 0 Å². The maximum Gasteiger partial charge on any atom is 0.416 e. The first-order valence-electron chi connectivity index (χ1n) is 5.44. The maximum absolute atomic E-state index is 12.4. The predicted octanol–water partition coefficient (Wildman–Crippen LogP) is 3.01. The summed E-state index contributed by atoms with van der Waals surface area (Å²) >= 11 is 0. The van der Waals surface area contributed by atoms with Crippen LogP contribution < -0.4 is 5.32 Å². The Bertz CT molecular complexity index is 385. The van der Waals surface area contributed by atoms with Crippen molar-refractivity contribution < 1.29 is 17.9 Å². The van der Waals surface area contributed by atoms with Crippen LogP contribution in [0.15, 0.2) is 24.3 Å². The molecule has 0 aromatic heterocycles. The lowest BCUT2D eigenvalue weighted by atomic mass is 10.0. The molecule has 0 radical (unpaired) electrons. The first kappa shape index (κ1) is 15.3. The highest BCUT2D eigenvalue weighted by atomic mass is 35.5. The average Bonchev–Trinajstić information content (AvgIpc) is 2.64. The van der Waals surface area contributed by atoms with Crippen LogP contribution in [0.4, 0.5) is 13.2 Å². The second kappa shape index (κ2) is 5.47. The Morgan fingerprint density at radius 2 is 1.89 bits per heavy atom. The third kappa shape index (κ3) is 3.60. The van der Waals surface area contributed by atoms with Crippen molar-refractivity contribution in [3.63, 3.8) is 0 Å². The second-order valence-corrected chi connectivity index (χ2v) is 4.38. The molecule has 102 valence electrons. The summed E-state index contributed by atoms with van der Waals surface area (Å²) in [4.78, 5) is 0. The summed E-state index contributed by atoms with van der Waals surface area (Å²) < 4.78 is 42.6. The fourth-order valence-corrected chi connectivity index (χ4v) is 1.96. The van der Waals surface area contributed by atoms with Crippen LogP contribution in [0, 0.1) is 0 Å². The molecule has 6 heteroatoms. The summed E-state index contributed by atoms with van der Waals surface area (Å²) in [5.74, 6) is 0. The van der Waals surface area contributed by atoms with Gasteiger partial charge in [0.1, 0.15) is 5.72 Å². The lowest BCUT2D eigenvalue weighted by Gasteiger charge is -2.23. The molecule has 1 saturated heterocycles. The van der Waals surface area contributed by atoms with Crippen molar-refractivity contribution in [2.45, 2.75) is 25.2 Å². The van der Waals surface area contributed by atoms with Crippen LogP contribution in [0.2, 0.25) is 0 Å². The third-order valence-electron chi connectivity index (χ3n) is 2.84.